The van der Waals surface area contributed by atoms with E-state index in [4.69, 9.17) is 0 Å². The normalized spacial score (nSPS) is 17.0. The molecule has 23 heavy (non-hydrogen) atoms. The van der Waals surface area contributed by atoms with Gasteiger partial charge in [-0.15, -0.1) is 0 Å². The largest absolute Gasteiger partial charge is 0.336 e. The van der Waals surface area contributed by atoms with Crippen molar-refractivity contribution in [3.05, 3.63) is 63.6 Å². The molecule has 1 amide bonds. The quantitative estimate of drug-likeness (QED) is 0.867. The maximum atomic E-state index is 12.6. The minimum atomic E-state index is -0.208. The third-order valence-electron chi connectivity index (χ3n) is 4.65. The lowest BCUT2D eigenvalue weighted by atomic mass is 10.00. The van der Waals surface area contributed by atoms with Gasteiger partial charge in [0.2, 0.25) is 5.91 Å². The fourth-order valence-electron chi connectivity index (χ4n) is 3.11. The Morgan fingerprint density at radius 2 is 1.91 bits per heavy atom. The van der Waals surface area contributed by atoms with Crippen LogP contribution in [0.1, 0.15) is 35.6 Å². The molecule has 0 radical (unpaired) electrons. The molecule has 0 spiro atoms. The monoisotopic (exact) mass is 309 g/mol. The Kier molecular flexibility index (Phi) is 3.48. The van der Waals surface area contributed by atoms with Crippen molar-refractivity contribution in [1.82, 2.24) is 14.7 Å². The molecule has 4 rings (SSSR count). The summed E-state index contributed by atoms with van der Waals surface area (Å²) in [6.45, 7) is 1.35. The van der Waals surface area contributed by atoms with Gasteiger partial charge in [0.15, 0.2) is 0 Å². The minimum Gasteiger partial charge on any atom is -0.336 e. The Balaban J connectivity index is 1.50. The van der Waals surface area contributed by atoms with Crippen LogP contribution in [0.3, 0.4) is 0 Å². The van der Waals surface area contributed by atoms with Crippen LogP contribution in [0.15, 0.2) is 41.2 Å². The first-order valence-electron chi connectivity index (χ1n) is 8.13. The molecule has 1 aromatic carbocycles. The third-order valence-corrected chi connectivity index (χ3v) is 4.65. The van der Waals surface area contributed by atoms with E-state index in [-0.39, 0.29) is 18.0 Å². The van der Waals surface area contributed by atoms with Crippen molar-refractivity contribution in [1.29, 1.82) is 0 Å². The smallest absolute Gasteiger partial charge is 0.267 e. The molecule has 2 aliphatic rings. The highest BCUT2D eigenvalue weighted by Gasteiger charge is 2.26. The lowest BCUT2D eigenvalue weighted by Crippen LogP contribution is -2.40. The number of carbonyl (C=O) groups is 1. The second kappa shape index (κ2) is 5.65. The first-order valence-corrected chi connectivity index (χ1v) is 8.13. The Morgan fingerprint density at radius 3 is 2.70 bits per heavy atom. The SMILES string of the molecule is O=C(Cn1nc(C2CC2)ccc1=O)N1CCc2ccccc2C1. The molecule has 5 heteroatoms. The predicted molar refractivity (Wildman–Crippen MR) is 86.0 cm³/mol. The van der Waals surface area contributed by atoms with Gasteiger partial charge in [-0.05, 0) is 36.5 Å². The van der Waals surface area contributed by atoms with Crippen molar-refractivity contribution in [3.63, 3.8) is 0 Å². The summed E-state index contributed by atoms with van der Waals surface area (Å²) in [5, 5.41) is 4.37. The lowest BCUT2D eigenvalue weighted by molar-refractivity contribution is -0.133. The molecule has 2 aromatic rings. The molecule has 1 saturated carbocycles. The summed E-state index contributed by atoms with van der Waals surface area (Å²) in [7, 11) is 0. The van der Waals surface area contributed by atoms with Gasteiger partial charge in [-0.1, -0.05) is 24.3 Å². The van der Waals surface area contributed by atoms with E-state index in [1.54, 1.807) is 6.07 Å². The maximum Gasteiger partial charge on any atom is 0.267 e. The summed E-state index contributed by atoms with van der Waals surface area (Å²) in [5.74, 6) is 0.431. The summed E-state index contributed by atoms with van der Waals surface area (Å²) in [4.78, 5) is 26.3. The van der Waals surface area contributed by atoms with Gasteiger partial charge in [0.25, 0.3) is 5.56 Å². The molecular weight excluding hydrogens is 290 g/mol. The first kappa shape index (κ1) is 14.2. The Bertz CT molecular complexity index is 808. The molecule has 5 nitrogen and oxygen atoms in total. The first-order chi connectivity index (χ1) is 11.2. The van der Waals surface area contributed by atoms with Crippen molar-refractivity contribution in [3.8, 4) is 0 Å². The second-order valence-corrected chi connectivity index (χ2v) is 6.36. The van der Waals surface area contributed by atoms with Crippen molar-refractivity contribution in [2.45, 2.75) is 38.3 Å². The summed E-state index contributed by atoms with van der Waals surface area (Å²) in [6.07, 6.45) is 3.12. The molecule has 2 heterocycles. The van der Waals surface area contributed by atoms with Crippen LogP contribution in [0.2, 0.25) is 0 Å². The second-order valence-electron chi connectivity index (χ2n) is 6.36. The summed E-state index contributed by atoms with van der Waals surface area (Å²) < 4.78 is 1.32. The Morgan fingerprint density at radius 1 is 1.13 bits per heavy atom. The zero-order valence-electron chi connectivity index (χ0n) is 12.9. The summed E-state index contributed by atoms with van der Waals surface area (Å²) >= 11 is 0. The topological polar surface area (TPSA) is 55.2 Å². The summed E-state index contributed by atoms with van der Waals surface area (Å²) in [5.41, 5.74) is 3.23. The molecule has 118 valence electrons. The summed E-state index contributed by atoms with van der Waals surface area (Å²) in [6, 6.07) is 11.5. The van der Waals surface area contributed by atoms with Crippen molar-refractivity contribution in [2.75, 3.05) is 6.54 Å². The number of aromatic nitrogens is 2. The average Bonchev–Trinajstić information content (AvgIpc) is 3.41. The van der Waals surface area contributed by atoms with E-state index in [9.17, 15) is 9.59 Å². The Hall–Kier alpha value is -2.43. The highest BCUT2D eigenvalue weighted by atomic mass is 16.2. The highest BCUT2D eigenvalue weighted by molar-refractivity contribution is 5.76. The van der Waals surface area contributed by atoms with Crippen LogP contribution in [0.5, 0.6) is 0 Å². The fourth-order valence-corrected chi connectivity index (χ4v) is 3.11. The minimum absolute atomic E-state index is 0.0293. The average molecular weight is 309 g/mol. The lowest BCUT2D eigenvalue weighted by Gasteiger charge is -2.29. The predicted octanol–water partition coefficient (Wildman–Crippen LogP) is 1.71. The number of hydrogen-bond donors (Lipinski definition) is 0. The van der Waals surface area contributed by atoms with Crippen molar-refractivity contribution < 1.29 is 4.79 Å². The molecule has 0 N–H and O–H groups in total. The number of hydrogen-bond acceptors (Lipinski definition) is 3. The van der Waals surface area contributed by atoms with Crippen molar-refractivity contribution in [2.24, 2.45) is 0 Å². The molecule has 1 aliphatic carbocycles. The third kappa shape index (κ3) is 2.91. The number of rotatable bonds is 3. The number of amides is 1. The van der Waals surface area contributed by atoms with E-state index < -0.39 is 0 Å². The highest BCUT2D eigenvalue weighted by Crippen LogP contribution is 2.38. The number of carbonyl (C=O) groups excluding carboxylic acids is 1. The van der Waals surface area contributed by atoms with Gasteiger partial charge in [0.05, 0.1) is 5.69 Å². The van der Waals surface area contributed by atoms with E-state index in [1.165, 1.54) is 21.9 Å². The molecule has 0 atom stereocenters. The number of benzene rings is 1. The van der Waals surface area contributed by atoms with E-state index >= 15 is 0 Å². The Labute approximate surface area is 134 Å². The van der Waals surface area contributed by atoms with E-state index in [0.717, 1.165) is 25.0 Å². The van der Waals surface area contributed by atoms with Crippen LogP contribution in [0.25, 0.3) is 0 Å². The van der Waals surface area contributed by atoms with E-state index in [0.29, 0.717) is 19.0 Å². The zero-order valence-corrected chi connectivity index (χ0v) is 12.9. The van der Waals surface area contributed by atoms with Gasteiger partial charge in [-0.2, -0.15) is 5.10 Å². The van der Waals surface area contributed by atoms with Gasteiger partial charge in [-0.25, -0.2) is 4.68 Å². The van der Waals surface area contributed by atoms with Crippen LogP contribution in [0.4, 0.5) is 0 Å². The van der Waals surface area contributed by atoms with E-state index in [2.05, 4.69) is 17.2 Å². The van der Waals surface area contributed by atoms with Gasteiger partial charge in [0.1, 0.15) is 6.54 Å². The van der Waals surface area contributed by atoms with Crippen LogP contribution in [-0.4, -0.2) is 27.1 Å². The molecule has 0 unspecified atom stereocenters. The van der Waals surface area contributed by atoms with Crippen molar-refractivity contribution >= 4 is 5.91 Å². The van der Waals surface area contributed by atoms with Gasteiger partial charge >= 0.3 is 0 Å². The van der Waals surface area contributed by atoms with Crippen LogP contribution < -0.4 is 5.56 Å². The zero-order chi connectivity index (χ0) is 15.8. The molecule has 0 saturated heterocycles. The van der Waals surface area contributed by atoms with E-state index in [1.807, 2.05) is 17.0 Å². The molecular formula is C18H19N3O2. The van der Waals surface area contributed by atoms with Crippen LogP contribution in [-0.2, 0) is 24.3 Å². The van der Waals surface area contributed by atoms with Gasteiger partial charge in [-0.3, -0.25) is 9.59 Å². The van der Waals surface area contributed by atoms with Gasteiger partial charge < -0.3 is 4.90 Å². The molecule has 1 aromatic heterocycles. The molecule has 1 fully saturated rings. The fraction of sp³-hybridized carbons (Fsp3) is 0.389. The molecule has 0 bridgehead atoms. The maximum absolute atomic E-state index is 12.6. The standard InChI is InChI=1S/C18H19N3O2/c22-17-8-7-16(14-5-6-14)19-21(17)12-18(23)20-10-9-13-3-1-2-4-15(13)11-20/h1-4,7-8,14H,5-6,9-12H2. The van der Waals surface area contributed by atoms with Gasteiger partial charge in [0, 0.05) is 25.1 Å². The number of nitrogens with zero attached hydrogens (tertiary/aromatic N) is 3. The molecule has 1 aliphatic heterocycles. The van der Waals surface area contributed by atoms with Crippen LogP contribution in [0, 0.1) is 0 Å². The van der Waals surface area contributed by atoms with Crippen LogP contribution >= 0.6 is 0 Å². The number of fused-ring (bicyclic) bond motifs is 1.